The average Bonchev–Trinajstić information content (AvgIpc) is 3.50. The molecule has 3 atom stereocenters. The fraction of sp³-hybridized carbons (Fsp3) is 0.594. The van der Waals surface area contributed by atoms with E-state index in [1.54, 1.807) is 34.8 Å². The molecule has 1 aliphatic heterocycles. The van der Waals surface area contributed by atoms with Crippen molar-refractivity contribution in [3.63, 3.8) is 0 Å². The van der Waals surface area contributed by atoms with Gasteiger partial charge in [-0.1, -0.05) is 32.3 Å². The Hall–Kier alpha value is -3.80. The van der Waals surface area contributed by atoms with Gasteiger partial charge in [0.05, 0.1) is 5.69 Å². The highest BCUT2D eigenvalue weighted by Gasteiger charge is 2.34. The van der Waals surface area contributed by atoms with Crippen LogP contribution in [0.15, 0.2) is 30.5 Å². The molecule has 11 nitrogen and oxygen atoms in total. The van der Waals surface area contributed by atoms with Crippen LogP contribution in [0.3, 0.4) is 0 Å². The lowest BCUT2D eigenvalue weighted by molar-refractivity contribution is -0.140. The van der Waals surface area contributed by atoms with E-state index >= 15 is 4.39 Å². The summed E-state index contributed by atoms with van der Waals surface area (Å²) in [5.41, 5.74) is 0.865. The number of hydrogen-bond donors (Lipinski definition) is 3. The Morgan fingerprint density at radius 3 is 2.45 bits per heavy atom. The van der Waals surface area contributed by atoms with Crippen LogP contribution in [0.2, 0.25) is 0 Å². The molecular weight excluding hydrogens is 565 g/mol. The third kappa shape index (κ3) is 8.22. The minimum absolute atomic E-state index is 0.0134. The maximum Gasteiger partial charge on any atom is 0.270 e. The van der Waals surface area contributed by atoms with Crippen molar-refractivity contribution in [3.05, 3.63) is 47.5 Å². The molecule has 2 heterocycles. The van der Waals surface area contributed by atoms with Crippen LogP contribution in [0.1, 0.15) is 75.3 Å². The second-order valence-corrected chi connectivity index (χ2v) is 12.0. The second-order valence-electron chi connectivity index (χ2n) is 12.0. The van der Waals surface area contributed by atoms with Gasteiger partial charge in [0.15, 0.2) is 0 Å². The molecule has 0 radical (unpaired) electrons. The molecule has 1 aromatic carbocycles. The van der Waals surface area contributed by atoms with E-state index in [4.69, 9.17) is 0 Å². The van der Waals surface area contributed by atoms with Crippen LogP contribution in [0.5, 0.6) is 0 Å². The highest BCUT2D eigenvalue weighted by atomic mass is 19.1. The number of carbonyl (C=O) groups is 4. The number of nitrogens with one attached hydrogen (secondary N) is 3. The van der Waals surface area contributed by atoms with Gasteiger partial charge in [0.2, 0.25) is 17.7 Å². The molecule has 240 valence electrons. The molecule has 3 N–H and O–H groups in total. The Kier molecular flexibility index (Phi) is 11.5. The van der Waals surface area contributed by atoms with Crippen molar-refractivity contribution in [1.29, 1.82) is 0 Å². The highest BCUT2D eigenvalue weighted by Crippen LogP contribution is 2.28. The number of piperazine rings is 1. The van der Waals surface area contributed by atoms with Crippen molar-refractivity contribution in [2.24, 2.45) is 5.92 Å². The van der Waals surface area contributed by atoms with Gasteiger partial charge in [-0.05, 0) is 63.4 Å². The van der Waals surface area contributed by atoms with Gasteiger partial charge in [-0.15, -0.1) is 0 Å². The zero-order chi connectivity index (χ0) is 31.8. The Balaban J connectivity index is 1.48. The molecule has 0 bridgehead atoms. The van der Waals surface area contributed by atoms with Crippen LogP contribution in [0.25, 0.3) is 0 Å². The Bertz CT molecular complexity index is 1330. The van der Waals surface area contributed by atoms with Gasteiger partial charge in [-0.3, -0.25) is 23.9 Å². The lowest BCUT2D eigenvalue weighted by atomic mass is 9.83. The molecular formula is C32H46FN7O4. The monoisotopic (exact) mass is 611 g/mol. The quantitative estimate of drug-likeness (QED) is 0.359. The first-order valence-corrected chi connectivity index (χ1v) is 15.8. The summed E-state index contributed by atoms with van der Waals surface area (Å²) in [4.78, 5) is 56.4. The number of aromatic nitrogens is 2. The summed E-state index contributed by atoms with van der Waals surface area (Å²) >= 11 is 0. The number of benzene rings is 1. The van der Waals surface area contributed by atoms with Crippen LogP contribution >= 0.6 is 0 Å². The molecule has 0 spiro atoms. The van der Waals surface area contributed by atoms with Crippen LogP contribution in [0.4, 0.5) is 10.1 Å². The van der Waals surface area contributed by atoms with E-state index in [-0.39, 0.29) is 42.3 Å². The summed E-state index contributed by atoms with van der Waals surface area (Å²) < 4.78 is 17.0. The molecule has 1 saturated heterocycles. The number of nitrogens with zero attached hydrogens (tertiary/aromatic N) is 4. The predicted molar refractivity (Wildman–Crippen MR) is 165 cm³/mol. The van der Waals surface area contributed by atoms with E-state index < -0.39 is 29.7 Å². The zero-order valence-electron chi connectivity index (χ0n) is 26.3. The average molecular weight is 612 g/mol. The van der Waals surface area contributed by atoms with Gasteiger partial charge < -0.3 is 25.8 Å². The van der Waals surface area contributed by atoms with E-state index in [9.17, 15) is 19.2 Å². The van der Waals surface area contributed by atoms with Crippen molar-refractivity contribution in [3.8, 4) is 0 Å². The number of carbonyl (C=O) groups excluding carboxylic acids is 4. The molecule has 12 heteroatoms. The predicted octanol–water partition coefficient (Wildman–Crippen LogP) is 2.96. The third-order valence-electron chi connectivity index (χ3n) is 8.74. The first kappa shape index (κ1) is 33.1. The van der Waals surface area contributed by atoms with Crippen molar-refractivity contribution in [2.45, 2.75) is 90.4 Å². The first-order chi connectivity index (χ1) is 21.1. The number of rotatable bonds is 11. The number of amides is 4. The molecule has 1 aromatic heterocycles. The Morgan fingerprint density at radius 1 is 1.05 bits per heavy atom. The molecule has 2 fully saturated rings. The van der Waals surface area contributed by atoms with Gasteiger partial charge in [0.25, 0.3) is 5.91 Å². The molecule has 2 aliphatic rings. The maximum absolute atomic E-state index is 15.4. The minimum atomic E-state index is -0.837. The van der Waals surface area contributed by atoms with E-state index in [0.29, 0.717) is 24.3 Å². The standard InChI is InChI=1S/C32H46FN7O4/c1-5-28(41)35-26(32(44)39-17-16-38(4)20-21(39)3)19-22-12-13-25(24(33)18-22)36-31(43)29(23-10-8-7-9-11-23)37-30(42)27-14-15-34-40(27)6-2/h12-15,18,21,23,26,29H,5-11,16-17,19-20H2,1-4H3,(H,35,41)(H,36,43)(H,37,42)/t21-,26-,29+/m1/s1. The normalized spacial score (nSPS) is 19.2. The second kappa shape index (κ2) is 15.3. The molecule has 4 rings (SSSR count). The van der Waals surface area contributed by atoms with Crippen molar-refractivity contribution < 1.29 is 23.6 Å². The lowest BCUT2D eigenvalue weighted by Gasteiger charge is -2.40. The van der Waals surface area contributed by atoms with E-state index in [1.807, 2.05) is 20.9 Å². The van der Waals surface area contributed by atoms with E-state index in [1.165, 1.54) is 12.1 Å². The lowest BCUT2D eigenvalue weighted by Crippen LogP contribution is -2.58. The van der Waals surface area contributed by atoms with Crippen molar-refractivity contribution in [1.82, 2.24) is 30.2 Å². The van der Waals surface area contributed by atoms with Gasteiger partial charge in [0.1, 0.15) is 23.6 Å². The minimum Gasteiger partial charge on any atom is -0.344 e. The summed E-state index contributed by atoms with van der Waals surface area (Å²) in [6.07, 6.45) is 6.45. The number of aryl methyl sites for hydroxylation is 1. The fourth-order valence-electron chi connectivity index (χ4n) is 6.25. The molecule has 1 saturated carbocycles. The van der Waals surface area contributed by atoms with Crippen LogP contribution < -0.4 is 16.0 Å². The van der Waals surface area contributed by atoms with Gasteiger partial charge in [-0.2, -0.15) is 5.10 Å². The highest BCUT2D eigenvalue weighted by molar-refractivity contribution is 6.00. The summed E-state index contributed by atoms with van der Waals surface area (Å²) in [7, 11) is 2.01. The molecule has 4 amide bonds. The third-order valence-corrected chi connectivity index (χ3v) is 8.74. The fourth-order valence-corrected chi connectivity index (χ4v) is 6.25. The number of hydrogen-bond acceptors (Lipinski definition) is 6. The van der Waals surface area contributed by atoms with Gasteiger partial charge in [0, 0.05) is 51.3 Å². The summed E-state index contributed by atoms with van der Waals surface area (Å²) in [5.74, 6) is -2.06. The molecule has 2 aromatic rings. The Morgan fingerprint density at radius 2 is 1.80 bits per heavy atom. The summed E-state index contributed by atoms with van der Waals surface area (Å²) in [5, 5.41) is 12.6. The molecule has 44 heavy (non-hydrogen) atoms. The number of likely N-dealkylation sites (N-methyl/N-ethyl adjacent to an activating group) is 1. The van der Waals surface area contributed by atoms with Gasteiger partial charge >= 0.3 is 0 Å². The van der Waals surface area contributed by atoms with Crippen LogP contribution in [0, 0.1) is 11.7 Å². The van der Waals surface area contributed by atoms with Crippen molar-refractivity contribution >= 4 is 29.3 Å². The smallest absolute Gasteiger partial charge is 0.270 e. The van der Waals surface area contributed by atoms with E-state index in [0.717, 1.165) is 45.2 Å². The van der Waals surface area contributed by atoms with Crippen LogP contribution in [-0.4, -0.2) is 88.0 Å². The maximum atomic E-state index is 15.4. The summed E-state index contributed by atoms with van der Waals surface area (Å²) in [6.45, 7) is 8.10. The largest absolute Gasteiger partial charge is 0.344 e. The number of halogens is 1. The van der Waals surface area contributed by atoms with Crippen LogP contribution in [-0.2, 0) is 27.3 Å². The van der Waals surface area contributed by atoms with Crippen molar-refractivity contribution in [2.75, 3.05) is 32.0 Å². The summed E-state index contributed by atoms with van der Waals surface area (Å²) in [6, 6.07) is 4.33. The zero-order valence-corrected chi connectivity index (χ0v) is 26.3. The van der Waals surface area contributed by atoms with Gasteiger partial charge in [-0.25, -0.2) is 4.39 Å². The number of anilines is 1. The molecule has 1 aliphatic carbocycles. The topological polar surface area (TPSA) is 129 Å². The SMILES string of the molecule is CCC(=O)N[C@H](Cc1ccc(NC(=O)[C@@H](NC(=O)c2ccnn2CC)C2CCCCC2)c(F)c1)C(=O)N1CCN(C)C[C@H]1C. The van der Waals surface area contributed by atoms with E-state index in [2.05, 4.69) is 25.9 Å². The Labute approximate surface area is 258 Å². The first-order valence-electron chi connectivity index (χ1n) is 15.8. The molecule has 0 unspecified atom stereocenters.